The number of carbonyl (C=O) groups excluding carboxylic acids is 1. The number of H-pyrrole nitrogens is 1. The van der Waals surface area contributed by atoms with E-state index < -0.39 is 0 Å². The van der Waals surface area contributed by atoms with E-state index in [2.05, 4.69) is 200 Å². The second kappa shape index (κ2) is 17.1. The van der Waals surface area contributed by atoms with Crippen molar-refractivity contribution < 1.29 is 9.90 Å². The van der Waals surface area contributed by atoms with Gasteiger partial charge in [-0.2, -0.15) is 4.58 Å². The Balaban J connectivity index is 0.868. The molecule has 0 saturated heterocycles. The van der Waals surface area contributed by atoms with Gasteiger partial charge in [-0.3, -0.25) is 4.79 Å². The first kappa shape index (κ1) is 39.7. The lowest BCUT2D eigenvalue weighted by molar-refractivity contribution is -0.111. The molecule has 62 heavy (non-hydrogen) atoms. The molecule has 2 N–H and O–H groups in total. The summed E-state index contributed by atoms with van der Waals surface area (Å²) in [7, 11) is 0. The molecule has 302 valence electrons. The van der Waals surface area contributed by atoms with Gasteiger partial charge in [-0.1, -0.05) is 113 Å². The van der Waals surface area contributed by atoms with Gasteiger partial charge in [0.25, 0.3) is 0 Å². The number of aliphatic hydroxyl groups is 1. The maximum atomic E-state index is 13.5. The highest BCUT2D eigenvalue weighted by molar-refractivity contribution is 6.39. The van der Waals surface area contributed by atoms with Crippen LogP contribution in [0.15, 0.2) is 210 Å². The van der Waals surface area contributed by atoms with Crippen LogP contribution in [0.4, 0.5) is 28.4 Å². The highest BCUT2D eigenvalue weighted by Crippen LogP contribution is 2.41. The number of ketones is 1. The molecule has 5 heteroatoms. The molecule has 5 nitrogen and oxygen atoms in total. The maximum Gasteiger partial charge on any atom is 0.211 e. The van der Waals surface area contributed by atoms with E-state index in [1.54, 1.807) is 0 Å². The number of anilines is 3. The monoisotopic (exact) mass is 806 g/mol. The maximum absolute atomic E-state index is 13.5. The second-order valence-electron chi connectivity index (χ2n) is 16.2. The third-order valence-corrected chi connectivity index (χ3v) is 11.5. The van der Waals surface area contributed by atoms with Crippen molar-refractivity contribution >= 4 is 57.7 Å². The molecule has 0 spiro atoms. The molecule has 6 aromatic rings. The second-order valence-corrected chi connectivity index (χ2v) is 16.2. The van der Waals surface area contributed by atoms with Crippen LogP contribution < -0.4 is 9.48 Å². The van der Waals surface area contributed by atoms with E-state index in [0.717, 1.165) is 62.1 Å². The summed E-state index contributed by atoms with van der Waals surface area (Å²) in [6.07, 6.45) is 21.3. The van der Waals surface area contributed by atoms with E-state index in [1.165, 1.54) is 22.3 Å². The summed E-state index contributed by atoms with van der Waals surface area (Å²) < 4.78 is 2.27. The Bertz CT molecular complexity index is 2860. The summed E-state index contributed by atoms with van der Waals surface area (Å²) in [6, 6.07) is 46.6. The summed E-state index contributed by atoms with van der Waals surface area (Å²) in [5.41, 5.74) is 17.6. The van der Waals surface area contributed by atoms with Gasteiger partial charge in [0.2, 0.25) is 22.9 Å². The van der Waals surface area contributed by atoms with Gasteiger partial charge in [-0.15, -0.1) is 0 Å². The molecule has 1 heterocycles. The molecule has 0 fully saturated rings. The van der Waals surface area contributed by atoms with Crippen molar-refractivity contribution in [3.8, 4) is 0 Å². The van der Waals surface area contributed by atoms with Crippen molar-refractivity contribution in [1.82, 2.24) is 9.56 Å². The number of Topliss-reactive ketones (excluding diaryl/α,β-unsaturated/α-hetero) is 1. The number of hydrogen-bond donors (Lipinski definition) is 2. The van der Waals surface area contributed by atoms with E-state index in [4.69, 9.17) is 0 Å². The van der Waals surface area contributed by atoms with Crippen LogP contribution in [-0.4, -0.2) is 21.6 Å². The molecule has 3 aliphatic carbocycles. The Kier molecular flexibility index (Phi) is 10.9. The van der Waals surface area contributed by atoms with E-state index in [-0.39, 0.29) is 11.5 Å². The molecular formula is C57H48N3O2+. The first-order valence-corrected chi connectivity index (χ1v) is 21.0. The minimum absolute atomic E-state index is 0.0434. The van der Waals surface area contributed by atoms with Gasteiger partial charge in [0.05, 0.1) is 16.8 Å². The van der Waals surface area contributed by atoms with Gasteiger partial charge in [-0.05, 0) is 123 Å². The average molecular weight is 807 g/mol. The number of nitrogens with zero attached hydrogens (tertiary/aromatic N) is 2. The standard InChI is InChI=1S/C57H47N3O2/c1-38-5-24-47(25-6-38)59(48-26-7-39(2)8-27-48)51-32-17-42(18-33-51)13-14-44-15-21-45(37-44)54-56(61)55(57(54)62)53-36-23-46(58-53)22-16-43-19-34-52(35-20-43)60(49-28-9-40(3)10-29-49)50-30-11-41(4)12-31-50/h5-36H,37H2,1-4H3,(H,61,62)/p+1/b22-16+. The number of hydrogen-bond acceptors (Lipinski definition) is 3. The van der Waals surface area contributed by atoms with Gasteiger partial charge in [0.1, 0.15) is 5.76 Å². The zero-order valence-corrected chi connectivity index (χ0v) is 35.4. The summed E-state index contributed by atoms with van der Waals surface area (Å²) >= 11 is 0. The van der Waals surface area contributed by atoms with Gasteiger partial charge in [0, 0.05) is 59.2 Å². The number of aryl methyl sites for hydroxylation is 4. The number of aromatic nitrogens is 1. The zero-order chi connectivity index (χ0) is 42.7. The van der Waals surface area contributed by atoms with Gasteiger partial charge in [-0.25, -0.2) is 0 Å². The van der Waals surface area contributed by atoms with Crippen LogP contribution in [0.5, 0.6) is 0 Å². The molecule has 5 aromatic carbocycles. The summed E-state index contributed by atoms with van der Waals surface area (Å²) in [4.78, 5) is 19.1. The van der Waals surface area contributed by atoms with Crippen molar-refractivity contribution in [1.29, 1.82) is 0 Å². The Labute approximate surface area is 364 Å². The highest BCUT2D eigenvalue weighted by atomic mass is 16.3. The first-order valence-electron chi connectivity index (χ1n) is 21.0. The number of allylic oxidation sites excluding steroid dienone is 13. The molecule has 0 aliphatic heterocycles. The minimum atomic E-state index is -0.144. The smallest absolute Gasteiger partial charge is 0.211 e. The number of aliphatic hydroxyl groups excluding tert-OH is 1. The normalized spacial score (nSPS) is 16.5. The van der Waals surface area contributed by atoms with Crippen LogP contribution >= 0.6 is 0 Å². The van der Waals surface area contributed by atoms with Crippen LogP contribution in [0, 0.1) is 27.7 Å². The Morgan fingerprint density at radius 1 is 0.548 bits per heavy atom. The fraction of sp³-hybridized carbons (Fsp3) is 0.0877. The lowest BCUT2D eigenvalue weighted by Crippen LogP contribution is -2.22. The van der Waals surface area contributed by atoms with Crippen molar-refractivity contribution in [3.05, 3.63) is 249 Å². The van der Waals surface area contributed by atoms with E-state index in [0.29, 0.717) is 23.3 Å². The highest BCUT2D eigenvalue weighted by Gasteiger charge is 2.38. The molecule has 1 aromatic heterocycles. The SMILES string of the molecule is Cc1ccc(N(c2ccc(C)cc2)c2ccc(/C=C/c3ccc(C4=C(O)C(=C5C=C/C(=C\C=C6C=CC(=[N+](c7ccc(C)cc7)c7ccc(C)cc7)C=C6)C5)C4=O)[nH]3)cc2)cc1. The Morgan fingerprint density at radius 3 is 1.60 bits per heavy atom. The molecule has 3 aliphatic rings. The summed E-state index contributed by atoms with van der Waals surface area (Å²) in [5.74, 6) is -0.101. The quantitative estimate of drug-likeness (QED) is 0.113. The van der Waals surface area contributed by atoms with Crippen molar-refractivity contribution in [2.45, 2.75) is 34.1 Å². The van der Waals surface area contributed by atoms with Crippen molar-refractivity contribution in [2.24, 2.45) is 0 Å². The van der Waals surface area contributed by atoms with Crippen LogP contribution in [0.3, 0.4) is 0 Å². The Hall–Kier alpha value is -7.76. The molecular weight excluding hydrogens is 759 g/mol. The van der Waals surface area contributed by atoms with E-state index in [1.807, 2.05) is 36.4 Å². The molecule has 0 saturated carbocycles. The molecule has 0 radical (unpaired) electrons. The van der Waals surface area contributed by atoms with Crippen LogP contribution in [0.1, 0.15) is 45.6 Å². The predicted molar refractivity (Wildman–Crippen MR) is 259 cm³/mol. The molecule has 0 amide bonds. The lowest BCUT2D eigenvalue weighted by atomic mass is 9.82. The third-order valence-electron chi connectivity index (χ3n) is 11.5. The predicted octanol–water partition coefficient (Wildman–Crippen LogP) is 14.0. The van der Waals surface area contributed by atoms with Gasteiger partial charge in [0.15, 0.2) is 0 Å². The van der Waals surface area contributed by atoms with Crippen LogP contribution in [-0.2, 0) is 4.79 Å². The zero-order valence-electron chi connectivity index (χ0n) is 35.4. The molecule has 9 rings (SSSR count). The number of rotatable bonds is 9. The van der Waals surface area contributed by atoms with Gasteiger partial charge < -0.3 is 15.0 Å². The first-order chi connectivity index (χ1) is 30.2. The number of carbonyl (C=O) groups is 1. The third kappa shape index (κ3) is 8.34. The van der Waals surface area contributed by atoms with Crippen molar-refractivity contribution in [3.63, 3.8) is 0 Å². The topological polar surface area (TPSA) is 59.3 Å². The summed E-state index contributed by atoms with van der Waals surface area (Å²) in [5, 5.41) is 11.2. The lowest BCUT2D eigenvalue weighted by Gasteiger charge is -2.25. The van der Waals surface area contributed by atoms with E-state index >= 15 is 0 Å². The fourth-order valence-corrected chi connectivity index (χ4v) is 7.96. The fourth-order valence-electron chi connectivity index (χ4n) is 7.96. The van der Waals surface area contributed by atoms with Gasteiger partial charge >= 0.3 is 0 Å². The van der Waals surface area contributed by atoms with Crippen LogP contribution in [0.2, 0.25) is 0 Å². The molecule has 0 bridgehead atoms. The average Bonchev–Trinajstić information content (AvgIpc) is 3.95. The van der Waals surface area contributed by atoms with E-state index in [9.17, 15) is 9.90 Å². The summed E-state index contributed by atoms with van der Waals surface area (Å²) in [6.45, 7) is 8.41. The van der Waals surface area contributed by atoms with Crippen molar-refractivity contribution in [2.75, 3.05) is 4.90 Å². The van der Waals surface area contributed by atoms with Crippen LogP contribution in [0.25, 0.3) is 17.7 Å². The number of aromatic amines is 1. The minimum Gasteiger partial charge on any atom is -0.506 e. The Morgan fingerprint density at radius 2 is 1.06 bits per heavy atom. The number of benzene rings is 5. The number of nitrogens with one attached hydrogen (secondary N) is 1. The largest absolute Gasteiger partial charge is 0.506 e. The molecule has 0 unspecified atom stereocenters. The molecule has 0 atom stereocenters.